The van der Waals surface area contributed by atoms with Gasteiger partial charge in [0.2, 0.25) is 0 Å². The molecule has 3 heteroatoms. The van der Waals surface area contributed by atoms with E-state index in [9.17, 15) is 4.79 Å². The summed E-state index contributed by atoms with van der Waals surface area (Å²) in [4.78, 5) is 12.6. The minimum Gasteiger partial charge on any atom is -0.267 e. The summed E-state index contributed by atoms with van der Waals surface area (Å²) in [6.45, 7) is 6.38. The summed E-state index contributed by atoms with van der Waals surface area (Å²) in [5.74, 6) is 0. The first-order chi connectivity index (χ1) is 10.5. The molecule has 1 aromatic heterocycles. The van der Waals surface area contributed by atoms with Crippen LogP contribution in [-0.2, 0) is 5.41 Å². The Morgan fingerprint density at radius 2 is 1.41 bits per heavy atom. The number of nitrogens with zero attached hydrogens (tertiary/aromatic N) is 1. The number of para-hydroxylation sites is 1. The molecule has 0 radical (unpaired) electrons. The van der Waals surface area contributed by atoms with Gasteiger partial charge in [0.1, 0.15) is 0 Å². The molecule has 0 bridgehead atoms. The molecule has 1 heterocycles. The van der Waals surface area contributed by atoms with Crippen LogP contribution >= 0.6 is 0 Å². The average Bonchev–Trinajstić information content (AvgIpc) is 2.87. The monoisotopic (exact) mass is 292 g/mol. The van der Waals surface area contributed by atoms with E-state index in [2.05, 4.69) is 25.9 Å². The van der Waals surface area contributed by atoms with Gasteiger partial charge in [0.05, 0.1) is 16.9 Å². The van der Waals surface area contributed by atoms with Gasteiger partial charge in [0.15, 0.2) is 0 Å². The fourth-order valence-corrected chi connectivity index (χ4v) is 2.79. The maximum atomic E-state index is 12.6. The molecule has 112 valence electrons. The average molecular weight is 292 g/mol. The van der Waals surface area contributed by atoms with Gasteiger partial charge in [-0.05, 0) is 17.7 Å². The predicted octanol–water partition coefficient (Wildman–Crippen LogP) is 4.13. The highest BCUT2D eigenvalue weighted by atomic mass is 16.1. The maximum absolute atomic E-state index is 12.6. The Morgan fingerprint density at radius 1 is 0.864 bits per heavy atom. The molecule has 0 unspecified atom stereocenters. The first-order valence-electron chi connectivity index (χ1n) is 7.45. The minimum absolute atomic E-state index is 0.0556. The number of hydrogen-bond donors (Lipinski definition) is 1. The Kier molecular flexibility index (Phi) is 3.49. The summed E-state index contributed by atoms with van der Waals surface area (Å²) in [5.41, 5.74) is 3.43. The van der Waals surface area contributed by atoms with Crippen LogP contribution < -0.4 is 5.56 Å². The van der Waals surface area contributed by atoms with Crippen LogP contribution in [0.4, 0.5) is 0 Å². The van der Waals surface area contributed by atoms with Crippen molar-refractivity contribution in [3.05, 3.63) is 76.7 Å². The zero-order valence-electron chi connectivity index (χ0n) is 13.1. The van der Waals surface area contributed by atoms with Gasteiger partial charge >= 0.3 is 0 Å². The molecular formula is C19H20N2O. The number of nitrogens with one attached hydrogen (secondary N) is 1. The van der Waals surface area contributed by atoms with Gasteiger partial charge in [0, 0.05) is 5.41 Å². The Labute approximate surface area is 130 Å². The molecule has 0 saturated carbocycles. The summed E-state index contributed by atoms with van der Waals surface area (Å²) in [7, 11) is 0. The maximum Gasteiger partial charge on any atom is 0.272 e. The number of rotatable bonds is 2. The van der Waals surface area contributed by atoms with Crippen molar-refractivity contribution in [1.29, 1.82) is 0 Å². The third kappa shape index (κ3) is 2.50. The number of aromatic amines is 1. The van der Waals surface area contributed by atoms with E-state index in [-0.39, 0.29) is 11.0 Å². The van der Waals surface area contributed by atoms with E-state index in [4.69, 9.17) is 0 Å². The highest BCUT2D eigenvalue weighted by Crippen LogP contribution is 2.32. The van der Waals surface area contributed by atoms with E-state index in [1.807, 2.05) is 65.3 Å². The molecule has 0 aliphatic carbocycles. The van der Waals surface area contributed by atoms with Crippen molar-refractivity contribution < 1.29 is 0 Å². The quantitative estimate of drug-likeness (QED) is 0.757. The van der Waals surface area contributed by atoms with Crippen molar-refractivity contribution in [2.24, 2.45) is 0 Å². The van der Waals surface area contributed by atoms with Crippen LogP contribution in [0.5, 0.6) is 0 Å². The SMILES string of the molecule is CC(C)(C)c1c(-c2ccccc2)c(=O)[nH]n1-c1ccccc1. The zero-order chi connectivity index (χ0) is 15.7. The van der Waals surface area contributed by atoms with Crippen LogP contribution in [0.3, 0.4) is 0 Å². The molecular weight excluding hydrogens is 272 g/mol. The molecule has 22 heavy (non-hydrogen) atoms. The van der Waals surface area contributed by atoms with Crippen LogP contribution in [0.15, 0.2) is 65.5 Å². The largest absolute Gasteiger partial charge is 0.272 e. The second-order valence-electron chi connectivity index (χ2n) is 6.45. The second kappa shape index (κ2) is 5.34. The normalized spacial score (nSPS) is 11.6. The van der Waals surface area contributed by atoms with Gasteiger partial charge in [-0.2, -0.15) is 0 Å². The van der Waals surface area contributed by atoms with E-state index in [0.29, 0.717) is 0 Å². The van der Waals surface area contributed by atoms with E-state index in [1.165, 1.54) is 0 Å². The topological polar surface area (TPSA) is 37.8 Å². The molecule has 0 spiro atoms. The Morgan fingerprint density at radius 3 is 1.95 bits per heavy atom. The second-order valence-corrected chi connectivity index (χ2v) is 6.45. The molecule has 0 saturated heterocycles. The highest BCUT2D eigenvalue weighted by Gasteiger charge is 2.27. The van der Waals surface area contributed by atoms with Crippen molar-refractivity contribution in [2.75, 3.05) is 0 Å². The van der Waals surface area contributed by atoms with Crippen LogP contribution in [0, 0.1) is 0 Å². The molecule has 2 aromatic carbocycles. The fraction of sp³-hybridized carbons (Fsp3) is 0.211. The fourth-order valence-electron chi connectivity index (χ4n) is 2.79. The molecule has 3 rings (SSSR count). The lowest BCUT2D eigenvalue weighted by atomic mass is 9.87. The summed E-state index contributed by atoms with van der Waals surface area (Å²) < 4.78 is 1.91. The van der Waals surface area contributed by atoms with Gasteiger partial charge < -0.3 is 0 Å². The molecule has 3 nitrogen and oxygen atoms in total. The van der Waals surface area contributed by atoms with Gasteiger partial charge in [0.25, 0.3) is 5.56 Å². The number of benzene rings is 2. The smallest absolute Gasteiger partial charge is 0.267 e. The van der Waals surface area contributed by atoms with E-state index in [0.717, 1.165) is 22.5 Å². The van der Waals surface area contributed by atoms with Gasteiger partial charge in [-0.1, -0.05) is 69.3 Å². The summed E-state index contributed by atoms with van der Waals surface area (Å²) in [6, 6.07) is 19.8. The summed E-state index contributed by atoms with van der Waals surface area (Å²) in [6.07, 6.45) is 0. The predicted molar refractivity (Wildman–Crippen MR) is 90.5 cm³/mol. The van der Waals surface area contributed by atoms with Gasteiger partial charge in [-0.25, -0.2) is 0 Å². The van der Waals surface area contributed by atoms with Crippen molar-refractivity contribution in [2.45, 2.75) is 26.2 Å². The van der Waals surface area contributed by atoms with Gasteiger partial charge in [-0.15, -0.1) is 0 Å². The van der Waals surface area contributed by atoms with Crippen LogP contribution in [-0.4, -0.2) is 9.78 Å². The van der Waals surface area contributed by atoms with E-state index in [1.54, 1.807) is 0 Å². The van der Waals surface area contributed by atoms with Crippen LogP contribution in [0.1, 0.15) is 26.5 Å². The van der Waals surface area contributed by atoms with Crippen molar-refractivity contribution in [3.8, 4) is 16.8 Å². The highest BCUT2D eigenvalue weighted by molar-refractivity contribution is 5.67. The molecule has 3 aromatic rings. The number of hydrogen-bond acceptors (Lipinski definition) is 1. The first kappa shape index (κ1) is 14.4. The summed E-state index contributed by atoms with van der Waals surface area (Å²) >= 11 is 0. The molecule has 0 aliphatic rings. The lowest BCUT2D eigenvalue weighted by Gasteiger charge is -2.22. The lowest BCUT2D eigenvalue weighted by Crippen LogP contribution is -2.18. The van der Waals surface area contributed by atoms with E-state index < -0.39 is 0 Å². The Bertz CT molecular complexity index is 821. The standard InChI is InChI=1S/C19H20N2O/c1-19(2,3)17-16(14-10-6-4-7-11-14)18(22)20-21(17)15-12-8-5-9-13-15/h4-13H,1-3H3,(H,20,22). The molecule has 0 atom stereocenters. The van der Waals surface area contributed by atoms with Crippen LogP contribution in [0.2, 0.25) is 0 Å². The summed E-state index contributed by atoms with van der Waals surface area (Å²) in [5, 5.41) is 3.00. The lowest BCUT2D eigenvalue weighted by molar-refractivity contribution is 0.545. The van der Waals surface area contributed by atoms with Crippen molar-refractivity contribution >= 4 is 0 Å². The Balaban J connectivity index is 2.33. The molecule has 0 amide bonds. The van der Waals surface area contributed by atoms with Crippen molar-refractivity contribution in [3.63, 3.8) is 0 Å². The Hall–Kier alpha value is -2.55. The van der Waals surface area contributed by atoms with Crippen LogP contribution in [0.25, 0.3) is 16.8 Å². The zero-order valence-corrected chi connectivity index (χ0v) is 13.1. The third-order valence-electron chi connectivity index (χ3n) is 3.69. The molecule has 0 aliphatic heterocycles. The molecule has 1 N–H and O–H groups in total. The minimum atomic E-state index is -0.166. The number of H-pyrrole nitrogens is 1. The number of aromatic nitrogens is 2. The third-order valence-corrected chi connectivity index (χ3v) is 3.69. The first-order valence-corrected chi connectivity index (χ1v) is 7.45. The van der Waals surface area contributed by atoms with E-state index >= 15 is 0 Å². The van der Waals surface area contributed by atoms with Crippen molar-refractivity contribution in [1.82, 2.24) is 9.78 Å². The van der Waals surface area contributed by atoms with Gasteiger partial charge in [-0.3, -0.25) is 14.6 Å². The molecule has 0 fully saturated rings.